The molecule has 0 saturated heterocycles. The number of amides is 1. The predicted octanol–water partition coefficient (Wildman–Crippen LogP) is 3.18. The molecule has 0 saturated carbocycles. The van der Waals surface area contributed by atoms with Crippen molar-refractivity contribution in [2.24, 2.45) is 0 Å². The van der Waals surface area contributed by atoms with Gasteiger partial charge in [-0.1, -0.05) is 26.7 Å². The monoisotopic (exact) mass is 295 g/mol. The van der Waals surface area contributed by atoms with Crippen LogP contribution in [0.25, 0.3) is 0 Å². The fraction of sp³-hybridized carbons (Fsp3) is 0.600. The average Bonchev–Trinajstić information content (AvgIpc) is 2.46. The number of rotatable bonds is 9. The van der Waals surface area contributed by atoms with Gasteiger partial charge >= 0.3 is 0 Å². The first-order valence-corrected chi connectivity index (χ1v) is 8.28. The molecule has 0 unspecified atom stereocenters. The lowest BCUT2D eigenvalue weighted by Gasteiger charge is -2.22. The summed E-state index contributed by atoms with van der Waals surface area (Å²) in [6.07, 6.45) is 6.10. The minimum Gasteiger partial charge on any atom is -0.384 e. The number of pyridine rings is 1. The largest absolute Gasteiger partial charge is 0.384 e. The van der Waals surface area contributed by atoms with E-state index in [1.807, 2.05) is 11.0 Å². The molecule has 1 amide bonds. The maximum absolute atomic E-state index is 12.3. The number of hydrogen-bond donors (Lipinski definition) is 1. The van der Waals surface area contributed by atoms with Crippen molar-refractivity contribution in [1.82, 2.24) is 9.88 Å². The van der Waals surface area contributed by atoms with Crippen molar-refractivity contribution in [3.8, 4) is 0 Å². The Kier molecular flexibility index (Phi) is 8.11. The van der Waals surface area contributed by atoms with E-state index < -0.39 is 0 Å². The third-order valence-electron chi connectivity index (χ3n) is 3.04. The molecule has 5 heteroatoms. The fourth-order valence-electron chi connectivity index (χ4n) is 1.77. The molecule has 112 valence electrons. The van der Waals surface area contributed by atoms with Crippen molar-refractivity contribution >= 4 is 23.5 Å². The summed E-state index contributed by atoms with van der Waals surface area (Å²) in [6, 6.07) is 3.67. The molecule has 0 spiro atoms. The number of nitrogen functional groups attached to an aromatic ring is 1. The van der Waals surface area contributed by atoms with Crippen LogP contribution < -0.4 is 5.73 Å². The summed E-state index contributed by atoms with van der Waals surface area (Å²) in [5.74, 6) is 1.20. The Balaban J connectivity index is 2.45. The summed E-state index contributed by atoms with van der Waals surface area (Å²) in [6.45, 7) is 6.04. The Morgan fingerprint density at radius 2 is 1.90 bits per heavy atom. The van der Waals surface area contributed by atoms with Crippen molar-refractivity contribution in [3.63, 3.8) is 0 Å². The summed E-state index contributed by atoms with van der Waals surface area (Å²) >= 11 is 1.52. The molecule has 1 rings (SSSR count). The van der Waals surface area contributed by atoms with Crippen molar-refractivity contribution in [3.05, 3.63) is 18.3 Å². The summed E-state index contributed by atoms with van der Waals surface area (Å²) < 4.78 is 0. The second kappa shape index (κ2) is 9.64. The lowest BCUT2D eigenvalue weighted by atomic mass is 10.2. The number of unbranched alkanes of at least 4 members (excludes halogenated alkanes) is 2. The van der Waals surface area contributed by atoms with Gasteiger partial charge in [-0.05, 0) is 25.0 Å². The van der Waals surface area contributed by atoms with Crippen LogP contribution in [0.15, 0.2) is 23.2 Å². The molecule has 1 aromatic rings. The first-order chi connectivity index (χ1) is 9.67. The molecule has 0 atom stereocenters. The summed E-state index contributed by atoms with van der Waals surface area (Å²) in [4.78, 5) is 19.3. The predicted molar refractivity (Wildman–Crippen MR) is 85.8 cm³/mol. The van der Waals surface area contributed by atoms with Crippen LogP contribution in [0.3, 0.4) is 0 Å². The Hall–Kier alpha value is -1.23. The molecule has 20 heavy (non-hydrogen) atoms. The molecule has 0 aliphatic rings. The molecule has 0 aliphatic heterocycles. The topological polar surface area (TPSA) is 59.2 Å². The lowest BCUT2D eigenvalue weighted by molar-refractivity contribution is -0.128. The van der Waals surface area contributed by atoms with Gasteiger partial charge in [-0.15, -0.1) is 11.8 Å². The Morgan fingerprint density at radius 1 is 1.25 bits per heavy atom. The number of hydrogen-bond acceptors (Lipinski definition) is 4. The van der Waals surface area contributed by atoms with Gasteiger partial charge in [0.1, 0.15) is 5.82 Å². The summed E-state index contributed by atoms with van der Waals surface area (Å²) in [5, 5.41) is 0. The third-order valence-corrected chi connectivity index (χ3v) is 4.00. The lowest BCUT2D eigenvalue weighted by Crippen LogP contribution is -2.34. The van der Waals surface area contributed by atoms with Gasteiger partial charge in [0.2, 0.25) is 5.91 Å². The Bertz CT molecular complexity index is 387. The molecule has 2 N–H and O–H groups in total. The molecule has 1 heterocycles. The second-order valence-corrected chi connectivity index (χ2v) is 5.84. The second-order valence-electron chi connectivity index (χ2n) is 4.80. The highest BCUT2D eigenvalue weighted by molar-refractivity contribution is 8.00. The van der Waals surface area contributed by atoms with E-state index in [1.54, 1.807) is 12.3 Å². The molecule has 0 fully saturated rings. The number of nitrogens with two attached hydrogens (primary N) is 1. The highest BCUT2D eigenvalue weighted by Gasteiger charge is 2.12. The van der Waals surface area contributed by atoms with Gasteiger partial charge in [0.25, 0.3) is 0 Å². The number of carbonyl (C=O) groups excluding carboxylic acids is 1. The number of carbonyl (C=O) groups is 1. The molecular weight excluding hydrogens is 270 g/mol. The van der Waals surface area contributed by atoms with Gasteiger partial charge < -0.3 is 10.6 Å². The molecular formula is C15H25N3OS. The summed E-state index contributed by atoms with van der Waals surface area (Å²) in [7, 11) is 0. The van der Waals surface area contributed by atoms with E-state index in [2.05, 4.69) is 18.8 Å². The minimum atomic E-state index is 0.216. The minimum absolute atomic E-state index is 0.216. The average molecular weight is 295 g/mol. The SMILES string of the molecule is CCCCN(CCCC)C(=O)CSc1ccc(N)nc1. The van der Waals surface area contributed by atoms with Crippen molar-refractivity contribution in [1.29, 1.82) is 0 Å². The van der Waals surface area contributed by atoms with Crippen molar-refractivity contribution < 1.29 is 4.79 Å². The van der Waals surface area contributed by atoms with E-state index in [0.717, 1.165) is 43.7 Å². The molecule has 0 aliphatic carbocycles. The molecule has 0 aromatic carbocycles. The quantitative estimate of drug-likeness (QED) is 0.711. The zero-order valence-corrected chi connectivity index (χ0v) is 13.3. The number of anilines is 1. The van der Waals surface area contributed by atoms with Crippen LogP contribution in [0.2, 0.25) is 0 Å². The number of thioether (sulfide) groups is 1. The van der Waals surface area contributed by atoms with Gasteiger partial charge in [-0.2, -0.15) is 0 Å². The van der Waals surface area contributed by atoms with E-state index in [4.69, 9.17) is 5.73 Å². The maximum atomic E-state index is 12.3. The van der Waals surface area contributed by atoms with Crippen molar-refractivity contribution in [2.45, 2.75) is 44.4 Å². The highest BCUT2D eigenvalue weighted by Crippen LogP contribution is 2.18. The van der Waals surface area contributed by atoms with E-state index in [9.17, 15) is 4.79 Å². The van der Waals surface area contributed by atoms with Gasteiger partial charge in [-0.25, -0.2) is 4.98 Å². The molecule has 4 nitrogen and oxygen atoms in total. The van der Waals surface area contributed by atoms with Crippen LogP contribution in [0.1, 0.15) is 39.5 Å². The molecule has 0 bridgehead atoms. The first kappa shape index (κ1) is 16.8. The van der Waals surface area contributed by atoms with E-state index in [0.29, 0.717) is 11.6 Å². The maximum Gasteiger partial charge on any atom is 0.232 e. The van der Waals surface area contributed by atoms with Crippen molar-refractivity contribution in [2.75, 3.05) is 24.6 Å². The zero-order valence-electron chi connectivity index (χ0n) is 12.5. The van der Waals surface area contributed by atoms with E-state index in [-0.39, 0.29) is 5.91 Å². The standard InChI is InChI=1S/C15H25N3OS/c1-3-5-9-18(10-6-4-2)15(19)12-20-13-7-8-14(16)17-11-13/h7-8,11H,3-6,9-10,12H2,1-2H3,(H2,16,17). The van der Waals surface area contributed by atoms with Crippen LogP contribution in [0.4, 0.5) is 5.82 Å². The number of nitrogens with zero attached hydrogens (tertiary/aromatic N) is 2. The Labute approximate surface area is 126 Å². The van der Waals surface area contributed by atoms with Crippen LogP contribution >= 0.6 is 11.8 Å². The van der Waals surface area contributed by atoms with Crippen LogP contribution in [-0.4, -0.2) is 34.6 Å². The fourth-order valence-corrected chi connectivity index (χ4v) is 2.54. The van der Waals surface area contributed by atoms with E-state index >= 15 is 0 Å². The van der Waals surface area contributed by atoms with Crippen LogP contribution in [0.5, 0.6) is 0 Å². The highest BCUT2D eigenvalue weighted by atomic mass is 32.2. The Morgan fingerprint density at radius 3 is 2.40 bits per heavy atom. The first-order valence-electron chi connectivity index (χ1n) is 7.29. The van der Waals surface area contributed by atoms with Gasteiger partial charge in [-0.3, -0.25) is 4.79 Å². The summed E-state index contributed by atoms with van der Waals surface area (Å²) in [5.41, 5.74) is 5.55. The van der Waals surface area contributed by atoms with Gasteiger partial charge in [0, 0.05) is 24.2 Å². The van der Waals surface area contributed by atoms with Gasteiger partial charge in [0.15, 0.2) is 0 Å². The third kappa shape index (κ3) is 6.28. The smallest absolute Gasteiger partial charge is 0.232 e. The normalized spacial score (nSPS) is 10.5. The number of aromatic nitrogens is 1. The molecule has 0 radical (unpaired) electrons. The van der Waals surface area contributed by atoms with Gasteiger partial charge in [0.05, 0.1) is 5.75 Å². The van der Waals surface area contributed by atoms with E-state index in [1.165, 1.54) is 11.8 Å². The molecule has 1 aromatic heterocycles. The van der Waals surface area contributed by atoms with Crippen LogP contribution in [0, 0.1) is 0 Å². The van der Waals surface area contributed by atoms with Crippen LogP contribution in [-0.2, 0) is 4.79 Å². The zero-order chi connectivity index (χ0) is 14.8.